The number of aryl methyl sites for hydroxylation is 4. The molecule has 38 heavy (non-hydrogen) atoms. The normalized spacial score (nSPS) is 9.68. The van der Waals surface area contributed by atoms with Crippen molar-refractivity contribution in [1.82, 2.24) is 9.97 Å². The van der Waals surface area contributed by atoms with Crippen LogP contribution in [0.4, 0.5) is 11.4 Å². The Morgan fingerprint density at radius 1 is 0.526 bits per heavy atom. The van der Waals surface area contributed by atoms with Gasteiger partial charge >= 0.3 is 0 Å². The number of pyridine rings is 2. The van der Waals surface area contributed by atoms with Crippen molar-refractivity contribution in [2.75, 3.05) is 0 Å². The zero-order valence-electron chi connectivity index (χ0n) is 21.1. The van der Waals surface area contributed by atoms with Crippen molar-refractivity contribution < 1.29 is 34.1 Å². The molecule has 0 saturated carbocycles. The Bertz CT molecular complexity index is 1170. The van der Waals surface area contributed by atoms with E-state index in [1.165, 1.54) is 11.1 Å². The van der Waals surface area contributed by atoms with Gasteiger partial charge in [-0.3, -0.25) is 20.0 Å². The van der Waals surface area contributed by atoms with Crippen LogP contribution in [-0.4, -0.2) is 22.4 Å². The van der Waals surface area contributed by atoms with E-state index in [1.807, 2.05) is 48.8 Å². The Balaban J connectivity index is -0.00000204. The van der Waals surface area contributed by atoms with Crippen LogP contribution in [0, 0.1) is 27.7 Å². The minimum absolute atomic E-state index is 0. The van der Waals surface area contributed by atoms with Gasteiger partial charge in [-0.05, 0) is 110 Å². The summed E-state index contributed by atoms with van der Waals surface area (Å²) in [7, 11) is 0. The van der Waals surface area contributed by atoms with E-state index in [0.29, 0.717) is 0 Å². The van der Waals surface area contributed by atoms with Crippen molar-refractivity contribution in [2.45, 2.75) is 27.7 Å². The molecule has 2 aromatic heterocycles. The van der Waals surface area contributed by atoms with Crippen LogP contribution >= 0.6 is 49.6 Å². The molecule has 0 aliphatic heterocycles. The predicted octanol–water partition coefficient (Wildman–Crippen LogP) is 8.56. The van der Waals surface area contributed by atoms with Gasteiger partial charge in [0.25, 0.3) is 0 Å². The Morgan fingerprint density at radius 2 is 0.842 bits per heavy atom. The van der Waals surface area contributed by atoms with Crippen LogP contribution in [0.2, 0.25) is 0 Å². The van der Waals surface area contributed by atoms with Crippen LogP contribution < -0.4 is 0 Å². The van der Waals surface area contributed by atoms with Gasteiger partial charge in [-0.15, -0.1) is 49.6 Å². The third-order valence-corrected chi connectivity index (χ3v) is 5.34. The molecule has 0 unspecified atom stereocenters. The van der Waals surface area contributed by atoms with Crippen molar-refractivity contribution in [1.29, 1.82) is 0 Å². The number of aromatic nitrogens is 2. The molecule has 2 radical (unpaired) electrons. The molecule has 2 aromatic carbocycles. The number of halogens is 4. The molecule has 0 amide bonds. The number of aliphatic imine (C=N–C) groups is 2. The monoisotopic (exact) mass is 688 g/mol. The van der Waals surface area contributed by atoms with Crippen molar-refractivity contribution in [3.8, 4) is 11.1 Å². The molecule has 10 heteroatoms. The Labute approximate surface area is 271 Å². The third-order valence-electron chi connectivity index (χ3n) is 5.34. The molecule has 0 N–H and O–H groups in total. The number of benzene rings is 2. The summed E-state index contributed by atoms with van der Waals surface area (Å²) in [6.45, 7) is 8.42. The van der Waals surface area contributed by atoms with Crippen LogP contribution in [-0.2, 0) is 34.1 Å². The first-order chi connectivity index (χ1) is 15.5. The second-order valence-corrected chi connectivity index (χ2v) is 7.94. The molecule has 2 heterocycles. The Kier molecular flexibility index (Phi) is 20.8. The van der Waals surface area contributed by atoms with Gasteiger partial charge in [-0.1, -0.05) is 12.1 Å². The maximum absolute atomic E-state index is 4.70. The van der Waals surface area contributed by atoms with E-state index in [0.717, 1.165) is 45.0 Å². The molecule has 0 saturated heterocycles. The van der Waals surface area contributed by atoms with Crippen LogP contribution in [0.1, 0.15) is 33.6 Å². The second-order valence-electron chi connectivity index (χ2n) is 7.94. The van der Waals surface area contributed by atoms with Crippen molar-refractivity contribution in [3.05, 3.63) is 107 Å². The summed E-state index contributed by atoms with van der Waals surface area (Å²) in [5, 5.41) is 0. The van der Waals surface area contributed by atoms with Crippen LogP contribution in [0.15, 0.2) is 83.0 Å². The van der Waals surface area contributed by atoms with E-state index >= 15 is 0 Å². The maximum Gasteiger partial charge on any atom is 0.0812 e. The topological polar surface area (TPSA) is 50.5 Å². The minimum Gasteiger partial charge on any atom is -0.255 e. The molecule has 0 aliphatic rings. The summed E-state index contributed by atoms with van der Waals surface area (Å²) in [6.07, 6.45) is 7.19. The summed E-state index contributed by atoms with van der Waals surface area (Å²) in [6, 6.07) is 20.4. The van der Waals surface area contributed by atoms with Gasteiger partial charge in [-0.2, -0.15) is 0 Å². The van der Waals surface area contributed by atoms with Gasteiger partial charge in [0.2, 0.25) is 0 Å². The summed E-state index contributed by atoms with van der Waals surface area (Å²) in [5.74, 6) is 0. The molecule has 0 atom stereocenters. The van der Waals surface area contributed by atoms with Gasteiger partial charge in [0, 0.05) is 46.5 Å². The predicted molar refractivity (Wildman–Crippen MR) is 163 cm³/mol. The van der Waals surface area contributed by atoms with Crippen LogP contribution in [0.3, 0.4) is 0 Å². The third kappa shape index (κ3) is 10.4. The molecular formula is C28H30Cl4Cu2N4. The van der Waals surface area contributed by atoms with Gasteiger partial charge in [-0.25, -0.2) is 0 Å². The SMILES string of the molecule is Cc1cc(-c2cc(C)c(N=Cc3ccccn3)c(C)c2)cc(C)c1N=Cc1ccccn1.Cl.Cl.Cl.Cl.[Cu].[Cu]. The fourth-order valence-electron chi connectivity index (χ4n) is 3.82. The smallest absolute Gasteiger partial charge is 0.0812 e. The Morgan fingerprint density at radius 3 is 1.11 bits per heavy atom. The minimum atomic E-state index is 0. The molecule has 0 bridgehead atoms. The van der Waals surface area contributed by atoms with Gasteiger partial charge in [0.1, 0.15) is 0 Å². The van der Waals surface area contributed by atoms with Crippen molar-refractivity contribution in [2.24, 2.45) is 9.98 Å². The molecule has 4 aromatic rings. The van der Waals surface area contributed by atoms with E-state index in [1.54, 1.807) is 12.4 Å². The van der Waals surface area contributed by atoms with Crippen molar-refractivity contribution >= 4 is 73.4 Å². The average Bonchev–Trinajstić information content (AvgIpc) is 2.79. The fraction of sp³-hybridized carbons (Fsp3) is 0.143. The van der Waals surface area contributed by atoms with Crippen LogP contribution in [0.5, 0.6) is 0 Å². The molecule has 212 valence electrons. The maximum atomic E-state index is 4.70. The van der Waals surface area contributed by atoms with E-state index < -0.39 is 0 Å². The first-order valence-electron chi connectivity index (χ1n) is 10.6. The largest absolute Gasteiger partial charge is 0.255 e. The number of rotatable bonds is 5. The first-order valence-corrected chi connectivity index (χ1v) is 10.6. The quantitative estimate of drug-likeness (QED) is 0.156. The average molecular weight is 691 g/mol. The standard InChI is InChI=1S/C28H26N4.4ClH.2Cu/c1-19-13-23(14-20(2)27(19)31-17-25-9-5-7-11-29-25)24-15-21(3)28(22(4)16-24)32-18-26-10-6-8-12-30-26;;;;;;/h5-18H,1-4H3;4*1H;;. The Hall–Kier alpha value is -1.72. The van der Waals surface area contributed by atoms with E-state index in [2.05, 4.69) is 61.9 Å². The fourth-order valence-corrected chi connectivity index (χ4v) is 3.82. The first kappa shape index (κ1) is 40.8. The zero-order chi connectivity index (χ0) is 22.5. The number of hydrogen-bond acceptors (Lipinski definition) is 4. The van der Waals surface area contributed by atoms with E-state index in [9.17, 15) is 0 Å². The molecule has 0 aliphatic carbocycles. The second kappa shape index (κ2) is 19.4. The van der Waals surface area contributed by atoms with Crippen molar-refractivity contribution in [3.63, 3.8) is 0 Å². The summed E-state index contributed by atoms with van der Waals surface area (Å²) >= 11 is 0. The molecule has 4 nitrogen and oxygen atoms in total. The summed E-state index contributed by atoms with van der Waals surface area (Å²) in [4.78, 5) is 18.0. The summed E-state index contributed by atoms with van der Waals surface area (Å²) < 4.78 is 0. The van der Waals surface area contributed by atoms with E-state index in [-0.39, 0.29) is 83.8 Å². The number of hydrogen-bond donors (Lipinski definition) is 0. The van der Waals surface area contributed by atoms with Gasteiger partial charge < -0.3 is 0 Å². The number of nitrogens with zero attached hydrogens (tertiary/aromatic N) is 4. The zero-order valence-corrected chi connectivity index (χ0v) is 26.3. The van der Waals surface area contributed by atoms with E-state index in [4.69, 9.17) is 9.98 Å². The van der Waals surface area contributed by atoms with Crippen LogP contribution in [0.25, 0.3) is 11.1 Å². The van der Waals surface area contributed by atoms with Gasteiger partial charge in [0.05, 0.1) is 35.2 Å². The molecule has 4 rings (SSSR count). The van der Waals surface area contributed by atoms with Gasteiger partial charge in [0.15, 0.2) is 0 Å². The summed E-state index contributed by atoms with van der Waals surface area (Å²) in [5.41, 5.74) is 10.6. The molecule has 0 spiro atoms. The molecule has 0 fully saturated rings. The molecular weight excluding hydrogens is 661 g/mol.